The summed E-state index contributed by atoms with van der Waals surface area (Å²) in [7, 11) is 0. The fourth-order valence-electron chi connectivity index (χ4n) is 3.16. The summed E-state index contributed by atoms with van der Waals surface area (Å²) in [5, 5.41) is 17.3. The van der Waals surface area contributed by atoms with E-state index in [2.05, 4.69) is 10.6 Å². The first-order valence-electron chi connectivity index (χ1n) is 9.42. The molecule has 0 saturated carbocycles. The van der Waals surface area contributed by atoms with Crippen molar-refractivity contribution < 1.29 is 14.5 Å². The van der Waals surface area contributed by atoms with E-state index in [1.807, 2.05) is 25.1 Å². The maximum Gasteiger partial charge on any atom is 0.317 e. The van der Waals surface area contributed by atoms with Crippen molar-refractivity contribution in [2.75, 3.05) is 38.0 Å². The summed E-state index contributed by atoms with van der Waals surface area (Å²) in [6.07, 6.45) is 0. The van der Waals surface area contributed by atoms with Crippen LogP contribution in [-0.4, -0.2) is 59.4 Å². The molecule has 2 aromatic carbocycles. The maximum atomic E-state index is 12.8. The lowest BCUT2D eigenvalue weighted by Gasteiger charge is -2.34. The Morgan fingerprint density at radius 1 is 1.03 bits per heavy atom. The molecule has 1 fully saturated rings. The van der Waals surface area contributed by atoms with E-state index >= 15 is 0 Å². The van der Waals surface area contributed by atoms with Crippen molar-refractivity contribution in [3.05, 3.63) is 64.2 Å². The van der Waals surface area contributed by atoms with Crippen LogP contribution in [-0.2, 0) is 0 Å². The van der Waals surface area contributed by atoms with Crippen LogP contribution in [0.4, 0.5) is 21.9 Å². The zero-order valence-electron chi connectivity index (χ0n) is 16.1. The summed E-state index contributed by atoms with van der Waals surface area (Å²) < 4.78 is 0. The molecular weight excluding hydrogens is 374 g/mol. The van der Waals surface area contributed by atoms with E-state index in [0.29, 0.717) is 38.4 Å². The van der Waals surface area contributed by atoms with Crippen LogP contribution in [0.5, 0.6) is 0 Å². The number of carbonyl (C=O) groups excluding carboxylic acids is 2. The van der Waals surface area contributed by atoms with E-state index in [0.717, 1.165) is 5.69 Å². The number of nitrogens with one attached hydrogen (secondary N) is 2. The summed E-state index contributed by atoms with van der Waals surface area (Å²) in [4.78, 5) is 39.0. The second-order valence-corrected chi connectivity index (χ2v) is 6.59. The molecule has 9 nitrogen and oxygen atoms in total. The summed E-state index contributed by atoms with van der Waals surface area (Å²) in [5.74, 6) is -0.282. The molecule has 2 aromatic rings. The van der Waals surface area contributed by atoms with Crippen LogP contribution >= 0.6 is 0 Å². The van der Waals surface area contributed by atoms with Crippen molar-refractivity contribution in [1.29, 1.82) is 0 Å². The van der Waals surface area contributed by atoms with Crippen LogP contribution in [0.15, 0.2) is 48.5 Å². The van der Waals surface area contributed by atoms with Crippen molar-refractivity contribution in [3.63, 3.8) is 0 Å². The highest BCUT2D eigenvalue weighted by atomic mass is 16.6. The molecule has 0 aliphatic carbocycles. The van der Waals surface area contributed by atoms with Crippen LogP contribution in [0.3, 0.4) is 0 Å². The second kappa shape index (κ2) is 9.05. The molecule has 0 unspecified atom stereocenters. The standard InChI is InChI=1S/C20H23N5O4/c1-2-21-20(27)24-12-10-23(11-13-24)19(26)15-8-9-17(18(14-15)25(28)29)22-16-6-4-3-5-7-16/h3-9,14,22H,2,10-13H2,1H3,(H,21,27). The number of nitro benzene ring substituents is 1. The molecule has 9 heteroatoms. The zero-order chi connectivity index (χ0) is 20.8. The molecule has 1 aliphatic heterocycles. The Bertz CT molecular complexity index is 895. The molecule has 0 aromatic heterocycles. The van der Waals surface area contributed by atoms with Crippen LogP contribution < -0.4 is 10.6 Å². The SMILES string of the molecule is CCNC(=O)N1CCN(C(=O)c2ccc(Nc3ccccc3)c([N+](=O)[O-])c2)CC1. The number of urea groups is 1. The molecule has 0 spiro atoms. The first kappa shape index (κ1) is 20.1. The average molecular weight is 397 g/mol. The van der Waals surface area contributed by atoms with E-state index in [1.165, 1.54) is 6.07 Å². The Morgan fingerprint density at radius 3 is 2.31 bits per heavy atom. The Hall–Kier alpha value is -3.62. The fourth-order valence-corrected chi connectivity index (χ4v) is 3.16. The van der Waals surface area contributed by atoms with Gasteiger partial charge in [-0.05, 0) is 31.2 Å². The second-order valence-electron chi connectivity index (χ2n) is 6.59. The van der Waals surface area contributed by atoms with Gasteiger partial charge in [0.05, 0.1) is 4.92 Å². The van der Waals surface area contributed by atoms with Gasteiger partial charge in [0.1, 0.15) is 5.69 Å². The van der Waals surface area contributed by atoms with Crippen LogP contribution in [0.2, 0.25) is 0 Å². The summed E-state index contributed by atoms with van der Waals surface area (Å²) in [5.41, 5.74) is 1.12. The topological polar surface area (TPSA) is 108 Å². The summed E-state index contributed by atoms with van der Waals surface area (Å²) >= 11 is 0. The van der Waals surface area contributed by atoms with Gasteiger partial charge in [-0.15, -0.1) is 0 Å². The Morgan fingerprint density at radius 2 is 1.69 bits per heavy atom. The quantitative estimate of drug-likeness (QED) is 0.596. The predicted molar refractivity (Wildman–Crippen MR) is 109 cm³/mol. The van der Waals surface area contributed by atoms with Gasteiger partial charge in [0.15, 0.2) is 0 Å². The van der Waals surface area contributed by atoms with Gasteiger partial charge in [-0.25, -0.2) is 4.79 Å². The molecular formula is C20H23N5O4. The van der Waals surface area contributed by atoms with Gasteiger partial charge < -0.3 is 20.4 Å². The number of nitro groups is 1. The number of benzene rings is 2. The number of rotatable bonds is 5. The van der Waals surface area contributed by atoms with Gasteiger partial charge >= 0.3 is 6.03 Å². The Balaban J connectivity index is 1.72. The van der Waals surface area contributed by atoms with Crippen molar-refractivity contribution in [3.8, 4) is 0 Å². The molecule has 0 bridgehead atoms. The summed E-state index contributed by atoms with van der Waals surface area (Å²) in [6.45, 7) is 4.01. The van der Waals surface area contributed by atoms with Gasteiger partial charge in [0.25, 0.3) is 11.6 Å². The Kier molecular flexibility index (Phi) is 6.28. The molecule has 1 aliphatic rings. The number of hydrogen-bond donors (Lipinski definition) is 2. The molecule has 152 valence electrons. The van der Waals surface area contributed by atoms with E-state index in [4.69, 9.17) is 0 Å². The first-order valence-corrected chi connectivity index (χ1v) is 9.42. The number of amides is 3. The zero-order valence-corrected chi connectivity index (χ0v) is 16.1. The highest BCUT2D eigenvalue weighted by molar-refractivity contribution is 5.96. The van der Waals surface area contributed by atoms with E-state index in [1.54, 1.807) is 34.1 Å². The monoisotopic (exact) mass is 397 g/mol. The lowest BCUT2D eigenvalue weighted by Crippen LogP contribution is -2.53. The minimum Gasteiger partial charge on any atom is -0.350 e. The lowest BCUT2D eigenvalue weighted by atomic mass is 10.1. The van der Waals surface area contributed by atoms with Gasteiger partial charge in [-0.3, -0.25) is 14.9 Å². The van der Waals surface area contributed by atoms with E-state index in [9.17, 15) is 19.7 Å². The molecule has 3 rings (SSSR count). The third-order valence-electron chi connectivity index (χ3n) is 4.68. The molecule has 1 saturated heterocycles. The predicted octanol–water partition coefficient (Wildman–Crippen LogP) is 2.83. The van der Waals surface area contributed by atoms with Crippen molar-refractivity contribution in [1.82, 2.24) is 15.1 Å². The van der Waals surface area contributed by atoms with Gasteiger partial charge in [-0.1, -0.05) is 18.2 Å². The third-order valence-corrected chi connectivity index (χ3v) is 4.68. The number of carbonyl (C=O) groups is 2. The smallest absolute Gasteiger partial charge is 0.317 e. The normalized spacial score (nSPS) is 13.7. The lowest BCUT2D eigenvalue weighted by molar-refractivity contribution is -0.383. The maximum absolute atomic E-state index is 12.8. The highest BCUT2D eigenvalue weighted by Crippen LogP contribution is 2.29. The van der Waals surface area contributed by atoms with E-state index < -0.39 is 4.92 Å². The Labute approximate surface area is 168 Å². The van der Waals surface area contributed by atoms with Crippen molar-refractivity contribution in [2.45, 2.75) is 6.92 Å². The minimum atomic E-state index is -0.505. The third kappa shape index (κ3) is 4.81. The van der Waals surface area contributed by atoms with Crippen LogP contribution in [0, 0.1) is 10.1 Å². The molecule has 2 N–H and O–H groups in total. The molecule has 0 radical (unpaired) electrons. The number of hydrogen-bond acceptors (Lipinski definition) is 5. The van der Waals surface area contributed by atoms with Gasteiger partial charge in [0.2, 0.25) is 0 Å². The molecule has 29 heavy (non-hydrogen) atoms. The number of anilines is 2. The van der Waals surface area contributed by atoms with Gasteiger partial charge in [0, 0.05) is 50.0 Å². The van der Waals surface area contributed by atoms with E-state index in [-0.39, 0.29) is 23.2 Å². The van der Waals surface area contributed by atoms with Crippen LogP contribution in [0.25, 0.3) is 0 Å². The summed E-state index contributed by atoms with van der Waals surface area (Å²) in [6, 6.07) is 13.4. The number of piperazine rings is 1. The average Bonchev–Trinajstić information content (AvgIpc) is 2.74. The van der Waals surface area contributed by atoms with Crippen molar-refractivity contribution >= 4 is 29.0 Å². The molecule has 1 heterocycles. The first-order chi connectivity index (χ1) is 14.0. The van der Waals surface area contributed by atoms with Crippen LogP contribution in [0.1, 0.15) is 17.3 Å². The number of nitrogens with zero attached hydrogens (tertiary/aromatic N) is 3. The van der Waals surface area contributed by atoms with Crippen molar-refractivity contribution in [2.24, 2.45) is 0 Å². The molecule has 3 amide bonds. The molecule has 0 atom stereocenters. The highest BCUT2D eigenvalue weighted by Gasteiger charge is 2.26. The fraction of sp³-hybridized carbons (Fsp3) is 0.300. The largest absolute Gasteiger partial charge is 0.350 e. The minimum absolute atomic E-state index is 0.147. The number of para-hydroxylation sites is 1. The van der Waals surface area contributed by atoms with Gasteiger partial charge in [-0.2, -0.15) is 0 Å².